The predicted molar refractivity (Wildman–Crippen MR) is 103 cm³/mol. The number of methoxy groups -OCH3 is 2. The Kier molecular flexibility index (Phi) is 4.95. The van der Waals surface area contributed by atoms with Crippen LogP contribution in [0, 0.1) is 5.92 Å². The fraction of sp³-hybridized carbons (Fsp3) is 0.619. The molecule has 7 nitrogen and oxygen atoms in total. The van der Waals surface area contributed by atoms with Crippen molar-refractivity contribution in [2.75, 3.05) is 27.4 Å². The van der Waals surface area contributed by atoms with Crippen molar-refractivity contribution in [2.45, 2.75) is 51.1 Å². The van der Waals surface area contributed by atoms with E-state index in [-0.39, 0.29) is 17.9 Å². The molecule has 0 aromatic heterocycles. The number of nitrogens with zero attached hydrogens (tertiary/aromatic N) is 1. The Bertz CT molecular complexity index is 796. The SMILES string of the molecule is COc1cc2c(cc1OC)C[NH+](CN1C(=O)N[C@]3(CCCC[C@@H]3C)C1=O)CC2. The number of amides is 3. The van der Waals surface area contributed by atoms with Gasteiger partial charge in [-0.15, -0.1) is 0 Å². The van der Waals surface area contributed by atoms with Gasteiger partial charge in [0, 0.05) is 12.0 Å². The van der Waals surface area contributed by atoms with Gasteiger partial charge in [-0.25, -0.2) is 9.69 Å². The molecule has 1 aromatic carbocycles. The van der Waals surface area contributed by atoms with Crippen molar-refractivity contribution in [3.63, 3.8) is 0 Å². The van der Waals surface area contributed by atoms with Crippen molar-refractivity contribution in [3.05, 3.63) is 23.3 Å². The summed E-state index contributed by atoms with van der Waals surface area (Å²) < 4.78 is 10.8. The Balaban J connectivity index is 1.50. The first kappa shape index (κ1) is 19.1. The molecule has 2 heterocycles. The van der Waals surface area contributed by atoms with Crippen LogP contribution >= 0.6 is 0 Å². The minimum Gasteiger partial charge on any atom is -0.493 e. The molecule has 28 heavy (non-hydrogen) atoms. The number of ether oxygens (including phenoxy) is 2. The summed E-state index contributed by atoms with van der Waals surface area (Å²) in [6.45, 7) is 4.13. The van der Waals surface area contributed by atoms with E-state index in [1.54, 1.807) is 14.2 Å². The number of carbonyl (C=O) groups excluding carboxylic acids is 2. The molecule has 2 N–H and O–H groups in total. The average Bonchev–Trinajstić information content (AvgIpc) is 2.94. The second kappa shape index (κ2) is 7.28. The third-order valence-electron chi connectivity index (χ3n) is 6.78. The van der Waals surface area contributed by atoms with Crippen LogP contribution in [0.25, 0.3) is 0 Å². The molecule has 1 saturated carbocycles. The summed E-state index contributed by atoms with van der Waals surface area (Å²) in [4.78, 5) is 28.5. The zero-order valence-electron chi connectivity index (χ0n) is 17.0. The van der Waals surface area contributed by atoms with Gasteiger partial charge in [0.2, 0.25) is 0 Å². The maximum absolute atomic E-state index is 13.2. The number of imide groups is 1. The highest BCUT2D eigenvalue weighted by Gasteiger charge is 2.55. The van der Waals surface area contributed by atoms with Crippen LogP contribution in [0.2, 0.25) is 0 Å². The van der Waals surface area contributed by atoms with Gasteiger partial charge in [0.1, 0.15) is 12.1 Å². The van der Waals surface area contributed by atoms with Gasteiger partial charge in [0.25, 0.3) is 5.91 Å². The predicted octanol–water partition coefficient (Wildman–Crippen LogP) is 1.10. The van der Waals surface area contributed by atoms with E-state index >= 15 is 0 Å². The van der Waals surface area contributed by atoms with Gasteiger partial charge >= 0.3 is 6.03 Å². The molecule has 2 fully saturated rings. The van der Waals surface area contributed by atoms with E-state index in [2.05, 4.69) is 12.2 Å². The summed E-state index contributed by atoms with van der Waals surface area (Å²) in [5.41, 5.74) is 1.75. The first-order valence-electron chi connectivity index (χ1n) is 10.2. The van der Waals surface area contributed by atoms with Crippen molar-refractivity contribution in [2.24, 2.45) is 5.92 Å². The van der Waals surface area contributed by atoms with Crippen LogP contribution in [0.5, 0.6) is 11.5 Å². The number of hydrogen-bond donors (Lipinski definition) is 2. The van der Waals surface area contributed by atoms with Gasteiger partial charge in [-0.2, -0.15) is 0 Å². The van der Waals surface area contributed by atoms with Crippen LogP contribution in [-0.4, -0.2) is 49.8 Å². The van der Waals surface area contributed by atoms with E-state index in [9.17, 15) is 9.59 Å². The number of quaternary nitrogens is 1. The quantitative estimate of drug-likeness (QED) is 0.758. The van der Waals surface area contributed by atoms with Gasteiger partial charge in [-0.05, 0) is 36.5 Å². The summed E-state index contributed by atoms with van der Waals surface area (Å²) in [5.74, 6) is 1.62. The largest absolute Gasteiger partial charge is 0.493 e. The minimum atomic E-state index is -0.681. The molecule has 152 valence electrons. The monoisotopic (exact) mass is 388 g/mol. The smallest absolute Gasteiger partial charge is 0.329 e. The molecule has 3 aliphatic rings. The molecule has 1 saturated heterocycles. The fourth-order valence-electron chi connectivity index (χ4n) is 5.03. The Labute approximate surface area is 166 Å². The Morgan fingerprint density at radius 1 is 1.18 bits per heavy atom. The lowest BCUT2D eigenvalue weighted by atomic mass is 9.73. The number of urea groups is 1. The topological polar surface area (TPSA) is 72.3 Å². The zero-order valence-corrected chi connectivity index (χ0v) is 17.0. The summed E-state index contributed by atoms with van der Waals surface area (Å²) in [5, 5.41) is 3.05. The molecule has 1 unspecified atom stereocenters. The van der Waals surface area contributed by atoms with Gasteiger partial charge in [-0.3, -0.25) is 4.79 Å². The van der Waals surface area contributed by atoms with Crippen LogP contribution in [0.3, 0.4) is 0 Å². The number of fused-ring (bicyclic) bond motifs is 1. The highest BCUT2D eigenvalue weighted by Crippen LogP contribution is 2.38. The standard InChI is InChI=1S/C21H29N3O4/c1-14-6-4-5-8-21(14)19(25)24(20(26)22-21)13-23-9-7-15-10-17(27-2)18(28-3)11-16(15)12-23/h10-11,14H,4-9,12-13H2,1-3H3,(H,22,26)/p+1/t14-,21-/m0/s1. The summed E-state index contributed by atoms with van der Waals surface area (Å²) in [6, 6.07) is 3.82. The number of carbonyl (C=O) groups is 2. The molecule has 7 heteroatoms. The van der Waals surface area contributed by atoms with E-state index < -0.39 is 5.54 Å². The van der Waals surface area contributed by atoms with Crippen LogP contribution in [0.4, 0.5) is 4.79 Å². The lowest BCUT2D eigenvalue weighted by molar-refractivity contribution is -0.923. The third kappa shape index (κ3) is 3.02. The first-order valence-corrected chi connectivity index (χ1v) is 10.2. The Morgan fingerprint density at radius 3 is 2.57 bits per heavy atom. The Hall–Kier alpha value is -2.28. The van der Waals surface area contributed by atoms with Crippen LogP contribution in [-0.2, 0) is 17.8 Å². The molecule has 0 bridgehead atoms. The van der Waals surface area contributed by atoms with Gasteiger partial charge in [-0.1, -0.05) is 19.8 Å². The number of rotatable bonds is 4. The summed E-state index contributed by atoms with van der Waals surface area (Å²) >= 11 is 0. The molecule has 2 aliphatic heterocycles. The maximum Gasteiger partial charge on any atom is 0.329 e. The van der Waals surface area contributed by atoms with E-state index in [0.29, 0.717) is 12.4 Å². The third-order valence-corrected chi connectivity index (χ3v) is 6.78. The normalized spacial score (nSPS) is 29.6. The van der Waals surface area contributed by atoms with E-state index in [1.807, 2.05) is 12.1 Å². The maximum atomic E-state index is 13.2. The fourth-order valence-corrected chi connectivity index (χ4v) is 5.03. The number of hydrogen-bond acceptors (Lipinski definition) is 4. The molecule has 4 rings (SSSR count). The lowest BCUT2D eigenvalue weighted by Crippen LogP contribution is -3.13. The number of benzene rings is 1. The highest BCUT2D eigenvalue weighted by atomic mass is 16.5. The average molecular weight is 388 g/mol. The van der Waals surface area contributed by atoms with E-state index in [1.165, 1.54) is 20.9 Å². The minimum absolute atomic E-state index is 0.0321. The van der Waals surface area contributed by atoms with E-state index in [0.717, 1.165) is 50.9 Å². The van der Waals surface area contributed by atoms with Crippen LogP contribution < -0.4 is 19.7 Å². The van der Waals surface area contributed by atoms with Gasteiger partial charge in [0.15, 0.2) is 18.2 Å². The highest BCUT2D eigenvalue weighted by molar-refractivity contribution is 6.07. The first-order chi connectivity index (χ1) is 13.5. The molecular weight excluding hydrogens is 358 g/mol. The van der Waals surface area contributed by atoms with Crippen molar-refractivity contribution in [3.8, 4) is 11.5 Å². The second-order valence-electron chi connectivity index (χ2n) is 8.34. The number of nitrogens with one attached hydrogen (secondary N) is 2. The summed E-state index contributed by atoms with van der Waals surface area (Å²) in [6.07, 6.45) is 4.76. The molecule has 0 radical (unpaired) electrons. The van der Waals surface area contributed by atoms with Gasteiger partial charge < -0.3 is 19.7 Å². The van der Waals surface area contributed by atoms with Crippen LogP contribution in [0.15, 0.2) is 12.1 Å². The van der Waals surface area contributed by atoms with Gasteiger partial charge in [0.05, 0.1) is 20.8 Å². The molecule has 3 atom stereocenters. The van der Waals surface area contributed by atoms with Crippen molar-refractivity contribution in [1.29, 1.82) is 0 Å². The summed E-state index contributed by atoms with van der Waals surface area (Å²) in [7, 11) is 3.28. The lowest BCUT2D eigenvalue weighted by Gasteiger charge is -2.37. The zero-order chi connectivity index (χ0) is 19.9. The molecule has 3 amide bonds. The molecular formula is C21H30N3O4+. The van der Waals surface area contributed by atoms with Crippen molar-refractivity contribution >= 4 is 11.9 Å². The second-order valence-corrected chi connectivity index (χ2v) is 8.34. The van der Waals surface area contributed by atoms with Crippen molar-refractivity contribution in [1.82, 2.24) is 10.2 Å². The molecule has 1 spiro atoms. The van der Waals surface area contributed by atoms with Crippen molar-refractivity contribution < 1.29 is 24.0 Å². The molecule has 1 aromatic rings. The van der Waals surface area contributed by atoms with E-state index in [4.69, 9.17) is 9.47 Å². The van der Waals surface area contributed by atoms with Crippen LogP contribution in [0.1, 0.15) is 43.7 Å². The molecule has 1 aliphatic carbocycles. The Morgan fingerprint density at radius 2 is 1.89 bits per heavy atom.